The van der Waals surface area contributed by atoms with Gasteiger partial charge < -0.3 is 15.0 Å². The van der Waals surface area contributed by atoms with Crippen LogP contribution in [0.2, 0.25) is 0 Å². The molecule has 31 heavy (non-hydrogen) atoms. The van der Waals surface area contributed by atoms with E-state index in [0.717, 1.165) is 36.2 Å². The molecule has 0 saturated carbocycles. The molecule has 1 aromatic heterocycles. The number of anilines is 1. The molecule has 1 heterocycles. The average molecular weight is 421 g/mol. The van der Waals surface area contributed by atoms with Gasteiger partial charge in [0.15, 0.2) is 0 Å². The number of para-hydroxylation sites is 1. The number of aromatic amines is 1. The van der Waals surface area contributed by atoms with Crippen LogP contribution in [0.15, 0.2) is 59.7 Å². The lowest BCUT2D eigenvalue weighted by molar-refractivity contribution is -0.123. The number of guanidine groups is 1. The molecule has 6 heteroatoms. The summed E-state index contributed by atoms with van der Waals surface area (Å²) in [6, 6.07) is 15.9. The van der Waals surface area contributed by atoms with E-state index in [1.54, 1.807) is 0 Å². The summed E-state index contributed by atoms with van der Waals surface area (Å²) in [6.45, 7) is 7.20. The van der Waals surface area contributed by atoms with Gasteiger partial charge in [-0.25, -0.2) is 0 Å². The Hall–Kier alpha value is -3.28. The number of nitrogens with one attached hydrogen (secondary N) is 3. The summed E-state index contributed by atoms with van der Waals surface area (Å²) in [7, 11) is 0. The lowest BCUT2D eigenvalue weighted by atomic mass is 10.0. The fourth-order valence-electron chi connectivity index (χ4n) is 3.55. The van der Waals surface area contributed by atoms with E-state index in [-0.39, 0.29) is 11.8 Å². The number of amides is 1. The van der Waals surface area contributed by atoms with Gasteiger partial charge in [0.1, 0.15) is 5.75 Å². The summed E-state index contributed by atoms with van der Waals surface area (Å²) in [5.74, 6) is 1.25. The molecule has 1 amide bonds. The van der Waals surface area contributed by atoms with Gasteiger partial charge in [0.2, 0.25) is 11.9 Å². The third-order valence-corrected chi connectivity index (χ3v) is 5.35. The first-order chi connectivity index (χ1) is 15.1. The second-order valence-electron chi connectivity index (χ2n) is 7.42. The van der Waals surface area contributed by atoms with E-state index in [1.165, 1.54) is 10.9 Å². The number of carbonyl (C=O) groups excluding carboxylic acids is 1. The van der Waals surface area contributed by atoms with Crippen LogP contribution < -0.4 is 15.4 Å². The highest BCUT2D eigenvalue weighted by Crippen LogP contribution is 2.18. The maximum atomic E-state index is 12.7. The van der Waals surface area contributed by atoms with Gasteiger partial charge in [-0.1, -0.05) is 32.0 Å². The molecule has 0 saturated heterocycles. The van der Waals surface area contributed by atoms with Crippen molar-refractivity contribution in [3.8, 4) is 5.75 Å². The highest BCUT2D eigenvalue weighted by atomic mass is 16.5. The fraction of sp³-hybridized carbons (Fsp3) is 0.360. The number of ether oxygens (including phenoxy) is 1. The number of aromatic nitrogens is 1. The Bertz CT molecular complexity index is 1000. The highest BCUT2D eigenvalue weighted by Gasteiger charge is 2.16. The van der Waals surface area contributed by atoms with Gasteiger partial charge in [0.05, 0.1) is 6.61 Å². The van der Waals surface area contributed by atoms with Gasteiger partial charge >= 0.3 is 0 Å². The standard InChI is InChI=1S/C25H32N4O2/c1-4-18(5-2)24(30)29-25(28-20-11-13-21(14-12-20)31-6-3)26-16-15-19-17-27-23-10-8-7-9-22(19)23/h7-14,17-18,27H,4-6,15-16H2,1-3H3,(H2,26,28,29,30). The van der Waals surface area contributed by atoms with E-state index in [4.69, 9.17) is 4.74 Å². The van der Waals surface area contributed by atoms with Crippen LogP contribution in [0.3, 0.4) is 0 Å². The molecule has 6 nitrogen and oxygen atoms in total. The van der Waals surface area contributed by atoms with Gasteiger partial charge in [-0.3, -0.25) is 15.1 Å². The minimum atomic E-state index is -0.0269. The van der Waals surface area contributed by atoms with Crippen molar-refractivity contribution >= 4 is 28.5 Å². The summed E-state index contributed by atoms with van der Waals surface area (Å²) >= 11 is 0. The van der Waals surface area contributed by atoms with Crippen molar-refractivity contribution < 1.29 is 9.53 Å². The number of benzene rings is 2. The third-order valence-electron chi connectivity index (χ3n) is 5.35. The molecule has 0 aliphatic rings. The van der Waals surface area contributed by atoms with Gasteiger partial charge in [0.25, 0.3) is 0 Å². The molecule has 0 aliphatic carbocycles. The molecule has 0 bridgehead atoms. The topological polar surface area (TPSA) is 78.5 Å². The molecule has 3 N–H and O–H groups in total. The van der Waals surface area contributed by atoms with Crippen molar-refractivity contribution in [2.24, 2.45) is 10.9 Å². The summed E-state index contributed by atoms with van der Waals surface area (Å²) < 4.78 is 5.50. The zero-order chi connectivity index (χ0) is 22.1. The van der Waals surface area contributed by atoms with Crippen molar-refractivity contribution in [1.82, 2.24) is 10.3 Å². The Balaban J connectivity index is 1.72. The average Bonchev–Trinajstić information content (AvgIpc) is 3.19. The van der Waals surface area contributed by atoms with Crippen LogP contribution in [0.1, 0.15) is 39.2 Å². The van der Waals surface area contributed by atoms with Crippen LogP contribution in [0.5, 0.6) is 5.75 Å². The van der Waals surface area contributed by atoms with E-state index in [9.17, 15) is 4.79 Å². The van der Waals surface area contributed by atoms with E-state index >= 15 is 0 Å². The molecule has 0 aliphatic heterocycles. The number of rotatable bonds is 9. The first-order valence-corrected chi connectivity index (χ1v) is 11.0. The smallest absolute Gasteiger partial charge is 0.229 e. The number of fused-ring (bicyclic) bond motifs is 1. The highest BCUT2D eigenvalue weighted by molar-refractivity contribution is 6.04. The van der Waals surface area contributed by atoms with Crippen LogP contribution in [-0.2, 0) is 11.2 Å². The number of hydrogen-bond donors (Lipinski definition) is 3. The molecule has 0 radical (unpaired) electrons. The lowest BCUT2D eigenvalue weighted by Crippen LogP contribution is -2.39. The van der Waals surface area contributed by atoms with Crippen molar-refractivity contribution in [2.45, 2.75) is 40.0 Å². The normalized spacial score (nSPS) is 11.7. The van der Waals surface area contributed by atoms with Crippen LogP contribution >= 0.6 is 0 Å². The second kappa shape index (κ2) is 11.2. The molecular weight excluding hydrogens is 388 g/mol. The number of nitrogens with zero attached hydrogens (tertiary/aromatic N) is 1. The second-order valence-corrected chi connectivity index (χ2v) is 7.42. The monoisotopic (exact) mass is 420 g/mol. The molecule has 0 unspecified atom stereocenters. The lowest BCUT2D eigenvalue weighted by Gasteiger charge is -2.16. The molecule has 3 aromatic rings. The van der Waals surface area contributed by atoms with Gasteiger partial charge in [-0.15, -0.1) is 0 Å². The Morgan fingerprint density at radius 2 is 1.81 bits per heavy atom. The molecule has 0 atom stereocenters. The Morgan fingerprint density at radius 3 is 2.52 bits per heavy atom. The van der Waals surface area contributed by atoms with E-state index < -0.39 is 0 Å². The fourth-order valence-corrected chi connectivity index (χ4v) is 3.55. The van der Waals surface area contributed by atoms with E-state index in [0.29, 0.717) is 19.1 Å². The minimum Gasteiger partial charge on any atom is -0.494 e. The summed E-state index contributed by atoms with van der Waals surface area (Å²) in [6.07, 6.45) is 4.41. The van der Waals surface area contributed by atoms with Crippen LogP contribution in [0.25, 0.3) is 10.9 Å². The first kappa shape index (κ1) is 22.4. The van der Waals surface area contributed by atoms with Crippen molar-refractivity contribution in [3.63, 3.8) is 0 Å². The molecule has 164 valence electrons. The van der Waals surface area contributed by atoms with Crippen LogP contribution in [0.4, 0.5) is 5.69 Å². The van der Waals surface area contributed by atoms with E-state index in [1.807, 2.05) is 63.4 Å². The quantitative estimate of drug-likeness (QED) is 0.332. The maximum absolute atomic E-state index is 12.7. The summed E-state index contributed by atoms with van der Waals surface area (Å²) in [5, 5.41) is 7.45. The third kappa shape index (κ3) is 6.10. The zero-order valence-electron chi connectivity index (χ0n) is 18.6. The van der Waals surface area contributed by atoms with Crippen molar-refractivity contribution in [1.29, 1.82) is 0 Å². The number of H-pyrrole nitrogens is 1. The molecule has 0 fully saturated rings. The minimum absolute atomic E-state index is 0.00530. The number of carbonyl (C=O) groups is 1. The predicted molar refractivity (Wildman–Crippen MR) is 128 cm³/mol. The van der Waals surface area contributed by atoms with Crippen LogP contribution in [-0.4, -0.2) is 30.0 Å². The Morgan fingerprint density at radius 1 is 1.06 bits per heavy atom. The van der Waals surface area contributed by atoms with Gasteiger partial charge in [-0.2, -0.15) is 0 Å². The first-order valence-electron chi connectivity index (χ1n) is 11.0. The Labute approximate surface area is 184 Å². The molecule has 0 spiro atoms. The molecule has 3 rings (SSSR count). The maximum Gasteiger partial charge on any atom is 0.229 e. The Kier molecular flexibility index (Phi) is 8.10. The molecular formula is C25H32N4O2. The van der Waals surface area contributed by atoms with Gasteiger partial charge in [-0.05, 0) is 62.1 Å². The predicted octanol–water partition coefficient (Wildman–Crippen LogP) is 5.13. The molecule has 2 aromatic carbocycles. The largest absolute Gasteiger partial charge is 0.494 e. The van der Waals surface area contributed by atoms with Crippen molar-refractivity contribution in [3.05, 3.63) is 60.3 Å². The number of aliphatic imine (C=N–C) groups is 1. The van der Waals surface area contributed by atoms with Crippen molar-refractivity contribution in [2.75, 3.05) is 18.5 Å². The summed E-state index contributed by atoms with van der Waals surface area (Å²) in [4.78, 5) is 20.6. The van der Waals surface area contributed by atoms with Gasteiger partial charge in [0, 0.05) is 35.2 Å². The number of hydrogen-bond acceptors (Lipinski definition) is 3. The zero-order valence-corrected chi connectivity index (χ0v) is 18.6. The summed E-state index contributed by atoms with van der Waals surface area (Å²) in [5.41, 5.74) is 3.18. The van der Waals surface area contributed by atoms with Crippen LogP contribution in [0, 0.1) is 5.92 Å². The SMILES string of the molecule is CCOc1ccc(NC(=NCCc2c[nH]c3ccccc23)NC(=O)C(CC)CC)cc1. The van der Waals surface area contributed by atoms with E-state index in [2.05, 4.69) is 32.7 Å².